The predicted octanol–water partition coefficient (Wildman–Crippen LogP) is 2.82. The van der Waals surface area contributed by atoms with E-state index in [1.807, 2.05) is 42.1 Å². The van der Waals surface area contributed by atoms with Crippen molar-refractivity contribution in [1.82, 2.24) is 20.0 Å². The molecule has 7 heteroatoms. The van der Waals surface area contributed by atoms with Crippen LogP contribution < -0.4 is 5.32 Å². The van der Waals surface area contributed by atoms with Gasteiger partial charge in [0.15, 0.2) is 5.96 Å². The Morgan fingerprint density at radius 1 is 1.38 bits per heavy atom. The Labute approximate surface area is 160 Å². The molecule has 2 rings (SSSR count). The molecule has 0 fully saturated rings. The maximum Gasteiger partial charge on any atom is 0.193 e. The molecular formula is C17H25FIN5. The number of halogens is 2. The SMILES string of the molecule is CN=C(NCCCc1cnn(C)c1)N(C)Cc1cccc(F)c1.I. The van der Waals surface area contributed by atoms with Gasteiger partial charge in [-0.05, 0) is 36.1 Å². The summed E-state index contributed by atoms with van der Waals surface area (Å²) < 4.78 is 15.1. The van der Waals surface area contributed by atoms with Gasteiger partial charge in [-0.3, -0.25) is 9.67 Å². The van der Waals surface area contributed by atoms with Gasteiger partial charge in [0.25, 0.3) is 0 Å². The van der Waals surface area contributed by atoms with Crippen LogP contribution in [0.25, 0.3) is 0 Å². The lowest BCUT2D eigenvalue weighted by Gasteiger charge is -2.22. The monoisotopic (exact) mass is 445 g/mol. The van der Waals surface area contributed by atoms with Crippen LogP contribution in [0.4, 0.5) is 4.39 Å². The molecule has 0 bridgehead atoms. The first kappa shape index (κ1) is 20.4. The highest BCUT2D eigenvalue weighted by molar-refractivity contribution is 14.0. The molecule has 1 aromatic heterocycles. The largest absolute Gasteiger partial charge is 0.356 e. The molecule has 132 valence electrons. The molecule has 0 saturated carbocycles. The highest BCUT2D eigenvalue weighted by atomic mass is 127. The van der Waals surface area contributed by atoms with Crippen molar-refractivity contribution in [2.24, 2.45) is 12.0 Å². The molecule has 1 heterocycles. The van der Waals surface area contributed by atoms with E-state index in [-0.39, 0.29) is 29.8 Å². The number of rotatable bonds is 6. The summed E-state index contributed by atoms with van der Waals surface area (Å²) in [6.07, 6.45) is 5.90. The number of nitrogens with zero attached hydrogens (tertiary/aromatic N) is 4. The van der Waals surface area contributed by atoms with Gasteiger partial charge in [0.1, 0.15) is 5.82 Å². The Kier molecular flexibility index (Phi) is 8.73. The number of aliphatic imine (C=N–C) groups is 1. The highest BCUT2D eigenvalue weighted by Crippen LogP contribution is 2.06. The molecule has 0 amide bonds. The Hall–Kier alpha value is -1.64. The minimum absolute atomic E-state index is 0. The van der Waals surface area contributed by atoms with Crippen molar-refractivity contribution in [3.63, 3.8) is 0 Å². The van der Waals surface area contributed by atoms with Crippen LogP contribution in [0.2, 0.25) is 0 Å². The van der Waals surface area contributed by atoms with Crippen molar-refractivity contribution >= 4 is 29.9 Å². The van der Waals surface area contributed by atoms with E-state index in [1.165, 1.54) is 11.6 Å². The molecule has 1 N–H and O–H groups in total. The molecule has 5 nitrogen and oxygen atoms in total. The summed E-state index contributed by atoms with van der Waals surface area (Å²) >= 11 is 0. The number of benzene rings is 1. The van der Waals surface area contributed by atoms with E-state index in [0.717, 1.165) is 30.9 Å². The number of aromatic nitrogens is 2. The lowest BCUT2D eigenvalue weighted by Crippen LogP contribution is -2.39. The van der Waals surface area contributed by atoms with Crippen LogP contribution in [0.15, 0.2) is 41.7 Å². The molecule has 0 spiro atoms. The maximum atomic E-state index is 13.2. The summed E-state index contributed by atoms with van der Waals surface area (Å²) in [5, 5.41) is 7.50. The lowest BCUT2D eigenvalue weighted by molar-refractivity contribution is 0.474. The zero-order chi connectivity index (χ0) is 16.7. The van der Waals surface area contributed by atoms with Crippen LogP contribution in [0, 0.1) is 5.82 Å². The topological polar surface area (TPSA) is 45.5 Å². The van der Waals surface area contributed by atoms with E-state index >= 15 is 0 Å². The molecule has 0 saturated heterocycles. The van der Waals surface area contributed by atoms with Gasteiger partial charge in [-0.2, -0.15) is 5.10 Å². The molecule has 0 radical (unpaired) electrons. The van der Waals surface area contributed by atoms with Crippen molar-refractivity contribution in [3.8, 4) is 0 Å². The summed E-state index contributed by atoms with van der Waals surface area (Å²) in [4.78, 5) is 6.26. The smallest absolute Gasteiger partial charge is 0.193 e. The molecule has 24 heavy (non-hydrogen) atoms. The van der Waals surface area contributed by atoms with Crippen molar-refractivity contribution in [2.75, 3.05) is 20.6 Å². The van der Waals surface area contributed by atoms with E-state index in [4.69, 9.17) is 0 Å². The number of hydrogen-bond acceptors (Lipinski definition) is 2. The third-order valence-electron chi connectivity index (χ3n) is 3.57. The van der Waals surface area contributed by atoms with Crippen LogP contribution in [0.1, 0.15) is 17.5 Å². The number of aryl methyl sites for hydroxylation is 2. The lowest BCUT2D eigenvalue weighted by atomic mass is 10.2. The number of hydrogen-bond donors (Lipinski definition) is 1. The number of guanidine groups is 1. The first-order chi connectivity index (χ1) is 11.1. The molecular weight excluding hydrogens is 420 g/mol. The van der Waals surface area contributed by atoms with Gasteiger partial charge in [-0.1, -0.05) is 12.1 Å². The fourth-order valence-electron chi connectivity index (χ4n) is 2.46. The van der Waals surface area contributed by atoms with Crippen LogP contribution in [0.3, 0.4) is 0 Å². The van der Waals surface area contributed by atoms with Crippen molar-refractivity contribution < 1.29 is 4.39 Å². The van der Waals surface area contributed by atoms with Gasteiger partial charge in [-0.15, -0.1) is 24.0 Å². The summed E-state index contributed by atoms with van der Waals surface area (Å²) in [6.45, 7) is 1.44. The standard InChI is InChI=1S/C17H24FN5.HI/c1-19-17(20-9-5-7-15-11-21-23(3)13-15)22(2)12-14-6-4-8-16(18)10-14;/h4,6,8,10-11,13H,5,7,9,12H2,1-3H3,(H,19,20);1H. The van der Waals surface area contributed by atoms with Gasteiger partial charge >= 0.3 is 0 Å². The molecule has 2 aromatic rings. The average molecular weight is 445 g/mol. The van der Waals surface area contributed by atoms with E-state index in [1.54, 1.807) is 19.2 Å². The van der Waals surface area contributed by atoms with E-state index in [2.05, 4.69) is 15.4 Å². The fraction of sp³-hybridized carbons (Fsp3) is 0.412. The van der Waals surface area contributed by atoms with Gasteiger partial charge in [-0.25, -0.2) is 4.39 Å². The van der Waals surface area contributed by atoms with E-state index in [9.17, 15) is 4.39 Å². The minimum atomic E-state index is -0.213. The third kappa shape index (κ3) is 6.46. The summed E-state index contributed by atoms with van der Waals surface area (Å²) in [6, 6.07) is 6.64. The zero-order valence-electron chi connectivity index (χ0n) is 14.4. The third-order valence-corrected chi connectivity index (χ3v) is 3.57. The second kappa shape index (κ2) is 10.3. The maximum absolute atomic E-state index is 13.2. The first-order valence-corrected chi connectivity index (χ1v) is 7.72. The van der Waals surface area contributed by atoms with Crippen LogP contribution in [0.5, 0.6) is 0 Å². The van der Waals surface area contributed by atoms with Crippen molar-refractivity contribution in [1.29, 1.82) is 0 Å². The molecule has 0 aliphatic rings. The second-order valence-corrected chi connectivity index (χ2v) is 5.59. The molecule has 0 atom stereocenters. The Morgan fingerprint density at radius 2 is 2.17 bits per heavy atom. The van der Waals surface area contributed by atoms with Crippen LogP contribution >= 0.6 is 24.0 Å². The fourth-order valence-corrected chi connectivity index (χ4v) is 2.46. The molecule has 0 unspecified atom stereocenters. The van der Waals surface area contributed by atoms with Gasteiger partial charge in [0.05, 0.1) is 6.20 Å². The first-order valence-electron chi connectivity index (χ1n) is 7.72. The van der Waals surface area contributed by atoms with Gasteiger partial charge in [0, 0.05) is 40.4 Å². The average Bonchev–Trinajstić information content (AvgIpc) is 2.92. The Balaban J connectivity index is 0.00000288. The zero-order valence-corrected chi connectivity index (χ0v) is 16.7. The van der Waals surface area contributed by atoms with E-state index in [0.29, 0.717) is 6.54 Å². The molecule has 0 aliphatic heterocycles. The molecule has 0 aliphatic carbocycles. The van der Waals surface area contributed by atoms with Crippen molar-refractivity contribution in [2.45, 2.75) is 19.4 Å². The normalized spacial score (nSPS) is 11.1. The van der Waals surface area contributed by atoms with Gasteiger partial charge in [0.2, 0.25) is 0 Å². The molecule has 1 aromatic carbocycles. The quantitative estimate of drug-likeness (QED) is 0.322. The summed E-state index contributed by atoms with van der Waals surface area (Å²) in [5.41, 5.74) is 2.16. The number of nitrogens with one attached hydrogen (secondary N) is 1. The Bertz CT molecular complexity index is 656. The van der Waals surface area contributed by atoms with Crippen molar-refractivity contribution in [3.05, 3.63) is 53.6 Å². The van der Waals surface area contributed by atoms with E-state index < -0.39 is 0 Å². The van der Waals surface area contributed by atoms with Crippen LogP contribution in [-0.2, 0) is 20.0 Å². The minimum Gasteiger partial charge on any atom is -0.356 e. The van der Waals surface area contributed by atoms with Crippen LogP contribution in [-0.4, -0.2) is 41.3 Å². The summed E-state index contributed by atoms with van der Waals surface area (Å²) in [7, 11) is 5.62. The Morgan fingerprint density at radius 3 is 2.79 bits per heavy atom. The summed E-state index contributed by atoms with van der Waals surface area (Å²) in [5.74, 6) is 0.593. The predicted molar refractivity (Wildman–Crippen MR) is 106 cm³/mol. The highest BCUT2D eigenvalue weighted by Gasteiger charge is 2.07. The second-order valence-electron chi connectivity index (χ2n) is 5.59. The van der Waals surface area contributed by atoms with Gasteiger partial charge < -0.3 is 10.2 Å².